The van der Waals surface area contributed by atoms with E-state index in [1.54, 1.807) is 71.8 Å². The van der Waals surface area contributed by atoms with Crippen LogP contribution in [-0.4, -0.2) is 151 Å². The van der Waals surface area contributed by atoms with Crippen LogP contribution in [0.4, 0.5) is 0 Å². The Morgan fingerprint density at radius 1 is 0.983 bits per heavy atom. The molecule has 2 fully saturated rings. The maximum absolute atomic E-state index is 12.9. The quantitative estimate of drug-likeness (QED) is 0.139. The van der Waals surface area contributed by atoms with Gasteiger partial charge in [0, 0.05) is 39.2 Å². The summed E-state index contributed by atoms with van der Waals surface area (Å²) in [6, 6.07) is -0.783. The molecule has 332 valence electrons. The zero-order valence-electron chi connectivity index (χ0n) is 35.9. The standard InChI is InChI=1S/C42H69NO15/c1-11-16-32(48)55-40-27(6)53-34(23-42(40,7)58-31(47)12-2)56-37-26(5)54-41(36(50)35(37)43(8)9)57-38-28(19-20-44)21-24(3)29(45)18-15-13-14-17-25(4)52-33(49)22-30(46)39(38)51-10/h13-15,18,20,24-30,34-41,45-46,50H,11-12,16-17,19,21-23H2,1-10H3/b14-13-,18-15-. The molecule has 16 heteroatoms. The summed E-state index contributed by atoms with van der Waals surface area (Å²) in [5, 5.41) is 34.5. The lowest BCUT2D eigenvalue weighted by Gasteiger charge is -2.50. The lowest BCUT2D eigenvalue weighted by atomic mass is 9.82. The van der Waals surface area contributed by atoms with Crippen LogP contribution in [0, 0.1) is 11.8 Å². The topological polar surface area (TPSA) is 206 Å². The van der Waals surface area contributed by atoms with Crippen LogP contribution < -0.4 is 0 Å². The average molecular weight is 828 g/mol. The van der Waals surface area contributed by atoms with Crippen LogP contribution in [-0.2, 0) is 57.1 Å². The Kier molecular flexibility index (Phi) is 19.9. The molecule has 3 N–H and O–H groups in total. The number of nitrogens with zero attached hydrogens (tertiary/aromatic N) is 1. The number of aldehydes is 1. The van der Waals surface area contributed by atoms with Crippen molar-refractivity contribution < 1.29 is 72.4 Å². The summed E-state index contributed by atoms with van der Waals surface area (Å²) in [5.41, 5.74) is -1.30. The van der Waals surface area contributed by atoms with E-state index in [4.69, 9.17) is 37.9 Å². The summed E-state index contributed by atoms with van der Waals surface area (Å²) in [6.45, 7) is 12.2. The van der Waals surface area contributed by atoms with Gasteiger partial charge >= 0.3 is 17.9 Å². The van der Waals surface area contributed by atoms with E-state index < -0.39 is 116 Å². The Bertz CT molecular complexity index is 1380. The predicted octanol–water partition coefficient (Wildman–Crippen LogP) is 3.16. The van der Waals surface area contributed by atoms with E-state index in [1.807, 2.05) is 19.9 Å². The minimum absolute atomic E-state index is 0.00608. The van der Waals surface area contributed by atoms with Gasteiger partial charge in [-0.3, -0.25) is 14.4 Å². The number of allylic oxidation sites excluding steroid dienone is 2. The molecule has 0 aliphatic carbocycles. The third-order valence-corrected chi connectivity index (χ3v) is 11.1. The highest BCUT2D eigenvalue weighted by molar-refractivity contribution is 5.71. The Morgan fingerprint density at radius 3 is 2.31 bits per heavy atom. The van der Waals surface area contributed by atoms with E-state index >= 15 is 0 Å². The van der Waals surface area contributed by atoms with Gasteiger partial charge in [0.15, 0.2) is 24.3 Å². The molecule has 58 heavy (non-hydrogen) atoms. The van der Waals surface area contributed by atoms with Crippen molar-refractivity contribution in [2.24, 2.45) is 11.8 Å². The van der Waals surface area contributed by atoms with E-state index in [0.717, 1.165) is 0 Å². The lowest BCUT2D eigenvalue weighted by Crippen LogP contribution is -2.66. The van der Waals surface area contributed by atoms with Crippen LogP contribution in [0.2, 0.25) is 0 Å². The molecule has 2 saturated heterocycles. The Labute approximate surface area is 343 Å². The zero-order valence-corrected chi connectivity index (χ0v) is 35.9. The summed E-state index contributed by atoms with van der Waals surface area (Å²) in [7, 11) is 4.85. The summed E-state index contributed by atoms with van der Waals surface area (Å²) in [4.78, 5) is 52.1. The van der Waals surface area contributed by atoms with Crippen LogP contribution in [0.1, 0.15) is 99.8 Å². The lowest BCUT2D eigenvalue weighted by molar-refractivity contribution is -0.344. The fourth-order valence-corrected chi connectivity index (χ4v) is 8.07. The Hall–Kier alpha value is -2.80. The predicted molar refractivity (Wildman–Crippen MR) is 210 cm³/mol. The largest absolute Gasteiger partial charge is 0.462 e. The number of aliphatic hydroxyl groups excluding tert-OH is 3. The zero-order chi connectivity index (χ0) is 43.3. The number of likely N-dealkylation sites (N-methyl/N-ethyl adjacent to an activating group) is 1. The van der Waals surface area contributed by atoms with E-state index in [2.05, 4.69) is 0 Å². The number of methoxy groups -OCH3 is 1. The van der Waals surface area contributed by atoms with Crippen molar-refractivity contribution in [1.82, 2.24) is 4.90 Å². The van der Waals surface area contributed by atoms with E-state index in [0.29, 0.717) is 19.1 Å². The van der Waals surface area contributed by atoms with Gasteiger partial charge in [0.2, 0.25) is 0 Å². The van der Waals surface area contributed by atoms with Crippen molar-refractivity contribution >= 4 is 24.2 Å². The molecular formula is C42H69NO15. The van der Waals surface area contributed by atoms with Crippen molar-refractivity contribution in [3.63, 3.8) is 0 Å². The molecule has 0 aromatic rings. The first kappa shape index (κ1) is 49.6. The number of rotatable bonds is 13. The minimum atomic E-state index is -1.45. The highest BCUT2D eigenvalue weighted by Gasteiger charge is 2.54. The highest BCUT2D eigenvalue weighted by Crippen LogP contribution is 2.39. The molecule has 0 amide bonds. The molecule has 16 unspecified atom stereocenters. The molecule has 0 bridgehead atoms. The van der Waals surface area contributed by atoms with Crippen molar-refractivity contribution in [2.75, 3.05) is 21.2 Å². The van der Waals surface area contributed by atoms with E-state index in [9.17, 15) is 34.5 Å². The van der Waals surface area contributed by atoms with Gasteiger partial charge in [0.1, 0.15) is 30.7 Å². The maximum atomic E-state index is 12.9. The fourth-order valence-electron chi connectivity index (χ4n) is 8.07. The van der Waals surface area contributed by atoms with Crippen molar-refractivity contribution in [2.45, 2.75) is 185 Å². The molecule has 3 aliphatic heterocycles. The van der Waals surface area contributed by atoms with Gasteiger partial charge in [0.05, 0.1) is 43.0 Å². The molecule has 0 aromatic carbocycles. The fraction of sp³-hybridized carbons (Fsp3) is 0.810. The summed E-state index contributed by atoms with van der Waals surface area (Å²) in [6.07, 6.45) is -3.49. The SMILES string of the molecule is CCCC(=O)OC1C(C)OC(OC2C(C)OC(OC3C(CC=O)CC(C)C(O)/C=C\C=C/CC(C)OC(=O)CC(O)C3OC)C(O)C2N(C)C)CC1(C)OC(=O)CC. The molecule has 0 radical (unpaired) electrons. The number of ether oxygens (including phenoxy) is 8. The van der Waals surface area contributed by atoms with Gasteiger partial charge in [-0.05, 0) is 66.5 Å². The number of hydrogen-bond donors (Lipinski definition) is 3. The molecule has 3 heterocycles. The number of carbonyl (C=O) groups excluding carboxylic acids is 4. The van der Waals surface area contributed by atoms with E-state index in [-0.39, 0.29) is 38.0 Å². The number of hydrogen-bond acceptors (Lipinski definition) is 16. The maximum Gasteiger partial charge on any atom is 0.308 e. The first-order chi connectivity index (χ1) is 27.4. The minimum Gasteiger partial charge on any atom is -0.462 e. The third-order valence-electron chi connectivity index (χ3n) is 11.1. The molecule has 3 rings (SSSR count). The highest BCUT2D eigenvalue weighted by atomic mass is 16.7. The van der Waals surface area contributed by atoms with Gasteiger partial charge in [-0.1, -0.05) is 45.1 Å². The Balaban J connectivity index is 1.95. The summed E-state index contributed by atoms with van der Waals surface area (Å²) >= 11 is 0. The first-order valence-electron chi connectivity index (χ1n) is 20.6. The first-order valence-corrected chi connectivity index (χ1v) is 20.6. The van der Waals surface area contributed by atoms with Crippen LogP contribution in [0.3, 0.4) is 0 Å². The average Bonchev–Trinajstić information content (AvgIpc) is 3.13. The smallest absolute Gasteiger partial charge is 0.308 e. The number of esters is 3. The second kappa shape index (κ2) is 23.3. The number of aliphatic hydroxyl groups is 3. The molecule has 16 atom stereocenters. The normalized spacial score (nSPS) is 40.6. The second-order valence-electron chi connectivity index (χ2n) is 16.3. The van der Waals surface area contributed by atoms with Crippen molar-refractivity contribution in [3.05, 3.63) is 24.3 Å². The molecule has 0 spiro atoms. The molecule has 16 nitrogen and oxygen atoms in total. The van der Waals surface area contributed by atoms with Crippen LogP contribution >= 0.6 is 0 Å². The summed E-state index contributed by atoms with van der Waals surface area (Å²) in [5.74, 6) is -2.64. The molecule has 3 aliphatic rings. The summed E-state index contributed by atoms with van der Waals surface area (Å²) < 4.78 is 48.8. The van der Waals surface area contributed by atoms with Gasteiger partial charge < -0.3 is 62.9 Å². The molecule has 0 aromatic heterocycles. The molecule has 0 saturated carbocycles. The Morgan fingerprint density at radius 2 is 1.69 bits per heavy atom. The van der Waals surface area contributed by atoms with Crippen molar-refractivity contribution in [3.8, 4) is 0 Å². The van der Waals surface area contributed by atoms with Crippen LogP contribution in [0.15, 0.2) is 24.3 Å². The number of carbonyl (C=O) groups is 4. The third kappa shape index (κ3) is 13.6. The van der Waals surface area contributed by atoms with Gasteiger partial charge in [-0.25, -0.2) is 0 Å². The van der Waals surface area contributed by atoms with Gasteiger partial charge in [-0.15, -0.1) is 0 Å². The van der Waals surface area contributed by atoms with E-state index in [1.165, 1.54) is 7.11 Å². The van der Waals surface area contributed by atoms with Crippen LogP contribution in [0.25, 0.3) is 0 Å². The molecular weight excluding hydrogens is 758 g/mol. The van der Waals surface area contributed by atoms with Gasteiger partial charge in [0.25, 0.3) is 0 Å². The van der Waals surface area contributed by atoms with Gasteiger partial charge in [-0.2, -0.15) is 0 Å². The van der Waals surface area contributed by atoms with Crippen molar-refractivity contribution in [1.29, 1.82) is 0 Å². The monoisotopic (exact) mass is 827 g/mol. The number of cyclic esters (lactones) is 1. The second-order valence-corrected chi connectivity index (χ2v) is 16.3. The van der Waals surface area contributed by atoms with Crippen LogP contribution in [0.5, 0.6) is 0 Å².